The molecule has 0 rings (SSSR count). The average molecular weight is 153 g/mol. The number of nitrogens with one attached hydrogen (secondary N) is 1. The van der Waals surface area contributed by atoms with Gasteiger partial charge >= 0.3 is 0 Å². The molecular formula is C10H19N. The highest BCUT2D eigenvalue weighted by Crippen LogP contribution is 2.08. The van der Waals surface area contributed by atoms with Crippen molar-refractivity contribution in [3.8, 4) is 12.3 Å². The predicted octanol–water partition coefficient (Wildman–Crippen LogP) is 2.18. The maximum absolute atomic E-state index is 5.33. The summed E-state index contributed by atoms with van der Waals surface area (Å²) in [6, 6.07) is 0.227. The van der Waals surface area contributed by atoms with E-state index in [-0.39, 0.29) is 11.6 Å². The lowest BCUT2D eigenvalue weighted by Crippen LogP contribution is -2.44. The Morgan fingerprint density at radius 2 is 2.00 bits per heavy atom. The first kappa shape index (κ1) is 10.5. The molecule has 0 saturated heterocycles. The molecule has 0 aliphatic heterocycles. The SMILES string of the molecule is C#CC(CC)NC(C)(C)CC. The highest BCUT2D eigenvalue weighted by molar-refractivity contribution is 5.00. The standard InChI is InChI=1S/C10H19N/c1-6-9(7-2)11-10(4,5)8-3/h1,9,11H,7-8H2,2-5H3. The van der Waals surface area contributed by atoms with Gasteiger partial charge in [-0.15, -0.1) is 6.42 Å². The lowest BCUT2D eigenvalue weighted by atomic mass is 10.00. The van der Waals surface area contributed by atoms with Gasteiger partial charge in [-0.2, -0.15) is 0 Å². The van der Waals surface area contributed by atoms with Crippen LogP contribution < -0.4 is 5.32 Å². The number of terminal acetylenes is 1. The molecule has 0 radical (unpaired) electrons. The lowest BCUT2D eigenvalue weighted by molar-refractivity contribution is 0.350. The van der Waals surface area contributed by atoms with Crippen LogP contribution in [-0.2, 0) is 0 Å². The summed E-state index contributed by atoms with van der Waals surface area (Å²) in [7, 11) is 0. The Balaban J connectivity index is 3.92. The summed E-state index contributed by atoms with van der Waals surface area (Å²) in [5.74, 6) is 2.73. The highest BCUT2D eigenvalue weighted by atomic mass is 15.0. The molecule has 0 amide bonds. The van der Waals surface area contributed by atoms with Crippen LogP contribution in [-0.4, -0.2) is 11.6 Å². The van der Waals surface area contributed by atoms with Gasteiger partial charge in [-0.1, -0.05) is 19.8 Å². The monoisotopic (exact) mass is 153 g/mol. The van der Waals surface area contributed by atoms with Crippen molar-refractivity contribution < 1.29 is 0 Å². The van der Waals surface area contributed by atoms with E-state index in [2.05, 4.69) is 38.9 Å². The summed E-state index contributed by atoms with van der Waals surface area (Å²) >= 11 is 0. The molecule has 1 heteroatoms. The fraction of sp³-hybridized carbons (Fsp3) is 0.800. The van der Waals surface area contributed by atoms with E-state index in [1.165, 1.54) is 0 Å². The van der Waals surface area contributed by atoms with Gasteiger partial charge in [0.15, 0.2) is 0 Å². The zero-order valence-corrected chi connectivity index (χ0v) is 8.07. The van der Waals surface area contributed by atoms with Crippen LogP contribution >= 0.6 is 0 Å². The van der Waals surface area contributed by atoms with Gasteiger partial charge in [-0.3, -0.25) is 5.32 Å². The average Bonchev–Trinajstić information content (AvgIpc) is 2.00. The highest BCUT2D eigenvalue weighted by Gasteiger charge is 2.16. The van der Waals surface area contributed by atoms with E-state index in [9.17, 15) is 0 Å². The Morgan fingerprint density at radius 3 is 2.27 bits per heavy atom. The molecule has 1 unspecified atom stereocenters. The van der Waals surface area contributed by atoms with Crippen LogP contribution in [0.1, 0.15) is 40.5 Å². The molecule has 0 aromatic heterocycles. The van der Waals surface area contributed by atoms with Gasteiger partial charge in [-0.05, 0) is 26.7 Å². The molecule has 0 spiro atoms. The molecule has 0 aliphatic rings. The Kier molecular flexibility index (Phi) is 4.22. The predicted molar refractivity (Wildman–Crippen MR) is 50.4 cm³/mol. The molecule has 0 aromatic carbocycles. The van der Waals surface area contributed by atoms with Gasteiger partial charge in [0.2, 0.25) is 0 Å². The number of hydrogen-bond acceptors (Lipinski definition) is 1. The fourth-order valence-electron chi connectivity index (χ4n) is 0.835. The van der Waals surface area contributed by atoms with E-state index in [0.717, 1.165) is 12.8 Å². The van der Waals surface area contributed by atoms with E-state index in [1.807, 2.05) is 0 Å². The molecule has 0 fully saturated rings. The molecule has 64 valence electrons. The quantitative estimate of drug-likeness (QED) is 0.610. The molecular weight excluding hydrogens is 134 g/mol. The summed E-state index contributed by atoms with van der Waals surface area (Å²) in [6.45, 7) is 8.61. The summed E-state index contributed by atoms with van der Waals surface area (Å²) in [6.07, 6.45) is 7.43. The zero-order chi connectivity index (χ0) is 8.91. The van der Waals surface area contributed by atoms with E-state index in [4.69, 9.17) is 6.42 Å². The number of hydrogen-bond donors (Lipinski definition) is 1. The first-order valence-corrected chi connectivity index (χ1v) is 4.29. The summed E-state index contributed by atoms with van der Waals surface area (Å²) in [5, 5.41) is 3.41. The van der Waals surface area contributed by atoms with Crippen molar-refractivity contribution in [2.75, 3.05) is 0 Å². The van der Waals surface area contributed by atoms with E-state index < -0.39 is 0 Å². The second-order valence-electron chi connectivity index (χ2n) is 3.51. The van der Waals surface area contributed by atoms with Crippen molar-refractivity contribution >= 4 is 0 Å². The Labute approximate surface area is 70.6 Å². The molecule has 11 heavy (non-hydrogen) atoms. The fourth-order valence-corrected chi connectivity index (χ4v) is 0.835. The van der Waals surface area contributed by atoms with Gasteiger partial charge in [-0.25, -0.2) is 0 Å². The van der Waals surface area contributed by atoms with Crippen LogP contribution in [0.5, 0.6) is 0 Å². The lowest BCUT2D eigenvalue weighted by Gasteiger charge is -2.27. The van der Waals surface area contributed by atoms with Crippen LogP contribution in [0.3, 0.4) is 0 Å². The second-order valence-corrected chi connectivity index (χ2v) is 3.51. The molecule has 0 aromatic rings. The molecule has 0 heterocycles. The van der Waals surface area contributed by atoms with Gasteiger partial charge in [0.05, 0.1) is 6.04 Å². The first-order valence-electron chi connectivity index (χ1n) is 4.29. The van der Waals surface area contributed by atoms with Gasteiger partial charge in [0.1, 0.15) is 0 Å². The summed E-state index contributed by atoms with van der Waals surface area (Å²) in [5.41, 5.74) is 0.174. The molecule has 0 aliphatic carbocycles. The minimum atomic E-state index is 0.174. The maximum atomic E-state index is 5.33. The van der Waals surface area contributed by atoms with Crippen molar-refractivity contribution in [2.24, 2.45) is 0 Å². The largest absolute Gasteiger partial charge is 0.299 e. The molecule has 0 bridgehead atoms. The van der Waals surface area contributed by atoms with Crippen molar-refractivity contribution in [1.82, 2.24) is 5.32 Å². The topological polar surface area (TPSA) is 12.0 Å². The summed E-state index contributed by atoms with van der Waals surface area (Å²) in [4.78, 5) is 0. The molecule has 1 N–H and O–H groups in total. The Hall–Kier alpha value is -0.480. The van der Waals surface area contributed by atoms with Gasteiger partial charge in [0, 0.05) is 5.54 Å². The second kappa shape index (κ2) is 4.41. The van der Waals surface area contributed by atoms with E-state index in [0.29, 0.717) is 0 Å². The Morgan fingerprint density at radius 1 is 1.45 bits per heavy atom. The maximum Gasteiger partial charge on any atom is 0.0688 e. The van der Waals surface area contributed by atoms with Crippen LogP contribution in [0.25, 0.3) is 0 Å². The van der Waals surface area contributed by atoms with E-state index in [1.54, 1.807) is 0 Å². The third kappa shape index (κ3) is 4.06. The number of rotatable bonds is 4. The normalized spacial score (nSPS) is 14.1. The van der Waals surface area contributed by atoms with Crippen LogP contribution in [0.2, 0.25) is 0 Å². The van der Waals surface area contributed by atoms with Crippen molar-refractivity contribution in [1.29, 1.82) is 0 Å². The minimum Gasteiger partial charge on any atom is -0.299 e. The van der Waals surface area contributed by atoms with E-state index >= 15 is 0 Å². The van der Waals surface area contributed by atoms with Gasteiger partial charge < -0.3 is 0 Å². The van der Waals surface area contributed by atoms with Crippen LogP contribution in [0.4, 0.5) is 0 Å². The molecule has 0 saturated carbocycles. The molecule has 1 nitrogen and oxygen atoms in total. The van der Waals surface area contributed by atoms with Crippen molar-refractivity contribution in [3.63, 3.8) is 0 Å². The summed E-state index contributed by atoms with van der Waals surface area (Å²) < 4.78 is 0. The van der Waals surface area contributed by atoms with Gasteiger partial charge in [0.25, 0.3) is 0 Å². The minimum absolute atomic E-state index is 0.174. The molecule has 1 atom stereocenters. The van der Waals surface area contributed by atoms with Crippen molar-refractivity contribution in [2.45, 2.75) is 52.1 Å². The Bertz CT molecular complexity index is 141. The third-order valence-corrected chi connectivity index (χ3v) is 2.06. The third-order valence-electron chi connectivity index (χ3n) is 2.06. The van der Waals surface area contributed by atoms with Crippen LogP contribution in [0.15, 0.2) is 0 Å². The zero-order valence-electron chi connectivity index (χ0n) is 8.07. The smallest absolute Gasteiger partial charge is 0.0688 e. The first-order chi connectivity index (χ1) is 5.05. The van der Waals surface area contributed by atoms with Crippen molar-refractivity contribution in [3.05, 3.63) is 0 Å². The van der Waals surface area contributed by atoms with Crippen LogP contribution in [0, 0.1) is 12.3 Å².